The zero-order valence-corrected chi connectivity index (χ0v) is 7.23. The second-order valence-corrected chi connectivity index (χ2v) is 3.18. The summed E-state index contributed by atoms with van der Waals surface area (Å²) >= 11 is 0. The summed E-state index contributed by atoms with van der Waals surface area (Å²) in [6, 6.07) is 0. The van der Waals surface area contributed by atoms with Gasteiger partial charge in [-0.3, -0.25) is 0 Å². The quantitative estimate of drug-likeness (QED) is 0.576. The summed E-state index contributed by atoms with van der Waals surface area (Å²) < 4.78 is 5.36. The molecule has 3 nitrogen and oxygen atoms in total. The van der Waals surface area contributed by atoms with Crippen molar-refractivity contribution < 1.29 is 14.8 Å². The average molecular weight is 178 g/mol. The zero-order valence-electron chi connectivity index (χ0n) is 7.23. The van der Waals surface area contributed by atoms with Gasteiger partial charge in [-0.05, 0) is 23.5 Å². The standard InChI is InChI=1S/C9H11BO3/c11-10(12)8-2-1-7-5-6-13-9(7)4-3-8/h2-4,11-12H,1,5-6H2. The average Bonchev–Trinajstić information content (AvgIpc) is 2.44. The van der Waals surface area contributed by atoms with Gasteiger partial charge >= 0.3 is 7.12 Å². The molecule has 68 valence electrons. The van der Waals surface area contributed by atoms with Gasteiger partial charge < -0.3 is 14.8 Å². The Labute approximate surface area is 77.2 Å². The molecule has 1 aliphatic heterocycles. The van der Waals surface area contributed by atoms with E-state index < -0.39 is 7.12 Å². The molecule has 0 saturated carbocycles. The monoisotopic (exact) mass is 178 g/mol. The third kappa shape index (κ3) is 1.69. The van der Waals surface area contributed by atoms with Crippen LogP contribution >= 0.6 is 0 Å². The summed E-state index contributed by atoms with van der Waals surface area (Å²) in [5, 5.41) is 17.9. The van der Waals surface area contributed by atoms with E-state index in [-0.39, 0.29) is 0 Å². The van der Waals surface area contributed by atoms with Crippen LogP contribution in [0, 0.1) is 0 Å². The molecule has 0 aromatic rings. The van der Waals surface area contributed by atoms with E-state index in [9.17, 15) is 0 Å². The van der Waals surface area contributed by atoms with Crippen LogP contribution in [-0.4, -0.2) is 23.8 Å². The van der Waals surface area contributed by atoms with E-state index >= 15 is 0 Å². The van der Waals surface area contributed by atoms with Crippen LogP contribution in [0.4, 0.5) is 0 Å². The van der Waals surface area contributed by atoms with Crippen LogP contribution in [-0.2, 0) is 4.74 Å². The van der Waals surface area contributed by atoms with Gasteiger partial charge in [-0.1, -0.05) is 12.2 Å². The highest BCUT2D eigenvalue weighted by atomic mass is 16.5. The number of allylic oxidation sites excluding steroid dienone is 4. The highest BCUT2D eigenvalue weighted by Crippen LogP contribution is 2.26. The molecule has 0 bridgehead atoms. The fraction of sp³-hybridized carbons (Fsp3) is 0.333. The van der Waals surface area contributed by atoms with E-state index in [0.29, 0.717) is 5.47 Å². The molecule has 2 N–H and O–H groups in total. The predicted molar refractivity (Wildman–Crippen MR) is 49.6 cm³/mol. The lowest BCUT2D eigenvalue weighted by Gasteiger charge is -1.98. The second-order valence-electron chi connectivity index (χ2n) is 3.18. The molecule has 0 amide bonds. The Morgan fingerprint density at radius 3 is 2.92 bits per heavy atom. The van der Waals surface area contributed by atoms with E-state index in [4.69, 9.17) is 14.8 Å². The Kier molecular flexibility index (Phi) is 2.25. The van der Waals surface area contributed by atoms with Crippen molar-refractivity contribution in [1.29, 1.82) is 0 Å². The largest absolute Gasteiger partial charge is 0.493 e. The molecule has 0 spiro atoms. The molecule has 0 aromatic heterocycles. The fourth-order valence-corrected chi connectivity index (χ4v) is 1.55. The van der Waals surface area contributed by atoms with Crippen molar-refractivity contribution in [2.75, 3.05) is 6.61 Å². The molecule has 0 radical (unpaired) electrons. The molecular formula is C9H11BO3. The summed E-state index contributed by atoms with van der Waals surface area (Å²) in [6.07, 6.45) is 7.04. The van der Waals surface area contributed by atoms with Gasteiger partial charge in [-0.2, -0.15) is 0 Å². The van der Waals surface area contributed by atoms with Gasteiger partial charge in [0.2, 0.25) is 0 Å². The van der Waals surface area contributed by atoms with Crippen LogP contribution in [0.25, 0.3) is 0 Å². The van der Waals surface area contributed by atoms with Crippen LogP contribution in [0.15, 0.2) is 35.0 Å². The van der Waals surface area contributed by atoms with Crippen molar-refractivity contribution in [3.63, 3.8) is 0 Å². The smallest absolute Gasteiger partial charge is 0.488 e. The van der Waals surface area contributed by atoms with Gasteiger partial charge in [0.05, 0.1) is 6.61 Å². The summed E-state index contributed by atoms with van der Waals surface area (Å²) in [5.74, 6) is 0.895. The third-order valence-corrected chi connectivity index (χ3v) is 2.32. The number of ether oxygens (including phenoxy) is 1. The summed E-state index contributed by atoms with van der Waals surface area (Å²) in [7, 11) is -1.38. The highest BCUT2D eigenvalue weighted by Gasteiger charge is 2.18. The molecule has 0 atom stereocenters. The van der Waals surface area contributed by atoms with Crippen LogP contribution < -0.4 is 0 Å². The molecule has 0 saturated heterocycles. The first-order valence-electron chi connectivity index (χ1n) is 4.36. The molecule has 2 rings (SSSR count). The summed E-state index contributed by atoms with van der Waals surface area (Å²) in [4.78, 5) is 0. The van der Waals surface area contributed by atoms with Crippen LogP contribution in [0.5, 0.6) is 0 Å². The van der Waals surface area contributed by atoms with Crippen molar-refractivity contribution in [1.82, 2.24) is 0 Å². The van der Waals surface area contributed by atoms with Crippen LogP contribution in [0.3, 0.4) is 0 Å². The minimum Gasteiger partial charge on any atom is -0.493 e. The summed E-state index contributed by atoms with van der Waals surface area (Å²) in [6.45, 7) is 0.750. The van der Waals surface area contributed by atoms with Gasteiger partial charge in [0.1, 0.15) is 5.76 Å². The normalized spacial score (nSPS) is 20.6. The van der Waals surface area contributed by atoms with Crippen molar-refractivity contribution in [3.05, 3.63) is 35.0 Å². The Morgan fingerprint density at radius 2 is 2.15 bits per heavy atom. The minimum atomic E-state index is -1.38. The lowest BCUT2D eigenvalue weighted by molar-refractivity contribution is 0.257. The molecule has 0 unspecified atom stereocenters. The SMILES string of the molecule is OB(O)C1=CCC2=C(C=C1)OCC2. The van der Waals surface area contributed by atoms with Crippen LogP contribution in [0.2, 0.25) is 0 Å². The highest BCUT2D eigenvalue weighted by molar-refractivity contribution is 6.51. The third-order valence-electron chi connectivity index (χ3n) is 2.32. The predicted octanol–water partition coefficient (Wildman–Crippen LogP) is 0.559. The van der Waals surface area contributed by atoms with Gasteiger partial charge in [0, 0.05) is 6.42 Å². The van der Waals surface area contributed by atoms with Crippen molar-refractivity contribution in [2.45, 2.75) is 12.8 Å². The first-order valence-corrected chi connectivity index (χ1v) is 4.36. The van der Waals surface area contributed by atoms with Crippen LogP contribution in [0.1, 0.15) is 12.8 Å². The minimum absolute atomic E-state index is 0.540. The van der Waals surface area contributed by atoms with E-state index in [1.165, 1.54) is 5.57 Å². The number of hydrogen-bond donors (Lipinski definition) is 2. The Morgan fingerprint density at radius 1 is 1.31 bits per heavy atom. The molecule has 13 heavy (non-hydrogen) atoms. The van der Waals surface area contributed by atoms with E-state index in [1.54, 1.807) is 12.2 Å². The lowest BCUT2D eigenvalue weighted by atomic mass is 9.78. The van der Waals surface area contributed by atoms with E-state index in [1.807, 2.05) is 6.08 Å². The number of hydrogen-bond acceptors (Lipinski definition) is 3. The first-order chi connectivity index (χ1) is 6.27. The lowest BCUT2D eigenvalue weighted by Crippen LogP contribution is -2.13. The fourth-order valence-electron chi connectivity index (χ4n) is 1.55. The summed E-state index contributed by atoms with van der Waals surface area (Å²) in [5.41, 5.74) is 1.78. The van der Waals surface area contributed by atoms with Crippen molar-refractivity contribution in [2.24, 2.45) is 0 Å². The molecule has 1 heterocycles. The Balaban J connectivity index is 2.19. The van der Waals surface area contributed by atoms with Gasteiger partial charge in [-0.15, -0.1) is 0 Å². The second kappa shape index (κ2) is 3.40. The Hall–Kier alpha value is -0.995. The molecule has 2 aliphatic rings. The number of rotatable bonds is 1. The van der Waals surface area contributed by atoms with Gasteiger partial charge in [0.15, 0.2) is 0 Å². The molecule has 4 heteroatoms. The maximum atomic E-state index is 8.94. The topological polar surface area (TPSA) is 49.7 Å². The van der Waals surface area contributed by atoms with Crippen molar-refractivity contribution in [3.8, 4) is 0 Å². The zero-order chi connectivity index (χ0) is 9.26. The molecule has 0 aromatic carbocycles. The first kappa shape index (κ1) is 8.60. The molecular weight excluding hydrogens is 167 g/mol. The van der Waals surface area contributed by atoms with Crippen molar-refractivity contribution >= 4 is 7.12 Å². The molecule has 1 aliphatic carbocycles. The Bertz CT molecular complexity index is 302. The van der Waals surface area contributed by atoms with E-state index in [2.05, 4.69) is 0 Å². The molecule has 0 fully saturated rings. The van der Waals surface area contributed by atoms with Gasteiger partial charge in [0.25, 0.3) is 0 Å². The maximum Gasteiger partial charge on any atom is 0.488 e. The van der Waals surface area contributed by atoms with Gasteiger partial charge in [-0.25, -0.2) is 0 Å². The maximum absolute atomic E-state index is 8.94. The van der Waals surface area contributed by atoms with E-state index in [0.717, 1.165) is 25.2 Å².